The standard InChI is InChI=1S/C20H23N4O2PS.C2H6/c1-12(25)5-6-14(9-13(2)27)24-11-22-18-15(20(24)26)10-28-19-17(18)16(23(3)4)7-8-21-19;1-2/h5-9,11-12,25H,2,10,27H2,1,3-4H3;1-2H3/b6-5-,14-9+;. The third kappa shape index (κ3) is 5.28. The van der Waals surface area contributed by atoms with Crippen molar-refractivity contribution in [1.82, 2.24) is 14.5 Å². The number of hydrogen-bond donors (Lipinski definition) is 1. The van der Waals surface area contributed by atoms with Gasteiger partial charge in [-0.05, 0) is 30.5 Å². The largest absolute Gasteiger partial charge is 0.389 e. The predicted octanol–water partition coefficient (Wildman–Crippen LogP) is 4.17. The number of hydrogen-bond acceptors (Lipinski definition) is 6. The van der Waals surface area contributed by atoms with E-state index in [9.17, 15) is 9.90 Å². The zero-order valence-corrected chi connectivity index (χ0v) is 20.1. The highest BCUT2D eigenvalue weighted by Crippen LogP contribution is 2.42. The maximum absolute atomic E-state index is 13.3. The molecular formula is C22H29N4O2PS. The summed E-state index contributed by atoms with van der Waals surface area (Å²) in [6, 6.07) is 1.93. The molecule has 8 heteroatoms. The number of aromatic nitrogens is 3. The molecule has 1 N–H and O–H groups in total. The minimum Gasteiger partial charge on any atom is -0.389 e. The van der Waals surface area contributed by atoms with Crippen LogP contribution in [0.5, 0.6) is 0 Å². The molecule has 2 unspecified atom stereocenters. The molecule has 0 bridgehead atoms. The summed E-state index contributed by atoms with van der Waals surface area (Å²) in [5, 5.41) is 11.2. The zero-order valence-electron chi connectivity index (χ0n) is 18.1. The van der Waals surface area contributed by atoms with Crippen molar-refractivity contribution >= 4 is 32.4 Å². The second-order valence-corrected chi connectivity index (χ2v) is 8.39. The van der Waals surface area contributed by atoms with E-state index in [-0.39, 0.29) is 5.56 Å². The van der Waals surface area contributed by atoms with Crippen molar-refractivity contribution in [3.63, 3.8) is 0 Å². The molecule has 0 radical (unpaired) electrons. The lowest BCUT2D eigenvalue weighted by atomic mass is 10.1. The van der Waals surface area contributed by atoms with Crippen molar-refractivity contribution in [2.45, 2.75) is 37.7 Å². The molecule has 0 aromatic carbocycles. The van der Waals surface area contributed by atoms with Crippen LogP contribution < -0.4 is 10.5 Å². The van der Waals surface area contributed by atoms with Crippen LogP contribution in [-0.4, -0.2) is 39.8 Å². The van der Waals surface area contributed by atoms with Gasteiger partial charge in [-0.1, -0.05) is 26.5 Å². The van der Waals surface area contributed by atoms with Crippen molar-refractivity contribution in [3.8, 4) is 11.3 Å². The molecule has 0 aliphatic carbocycles. The Kier molecular flexibility index (Phi) is 8.59. The SMILES string of the molecule is C=C(P)/C=C(\C=C/C(C)O)n1cnc2c(c1=O)CSc1nccc(N(C)C)c1-2.CC. The highest BCUT2D eigenvalue weighted by atomic mass is 32.2. The van der Waals surface area contributed by atoms with Gasteiger partial charge in [-0.25, -0.2) is 9.97 Å². The topological polar surface area (TPSA) is 71.2 Å². The minimum atomic E-state index is -0.626. The van der Waals surface area contributed by atoms with Crippen LogP contribution in [-0.2, 0) is 5.75 Å². The normalized spacial score (nSPS) is 13.8. The Hall–Kier alpha value is -2.21. The van der Waals surface area contributed by atoms with E-state index >= 15 is 0 Å². The summed E-state index contributed by atoms with van der Waals surface area (Å²) >= 11 is 1.54. The van der Waals surface area contributed by atoms with Crippen LogP contribution >= 0.6 is 21.0 Å². The van der Waals surface area contributed by atoms with E-state index < -0.39 is 6.10 Å². The monoisotopic (exact) mass is 444 g/mol. The number of nitrogens with zero attached hydrogens (tertiary/aromatic N) is 4. The van der Waals surface area contributed by atoms with Crippen molar-refractivity contribution < 1.29 is 5.11 Å². The molecule has 2 aromatic heterocycles. The summed E-state index contributed by atoms with van der Waals surface area (Å²) in [4.78, 5) is 24.4. The van der Waals surface area contributed by atoms with Crippen LogP contribution in [0.25, 0.3) is 17.0 Å². The number of aliphatic hydroxyl groups excluding tert-OH is 1. The van der Waals surface area contributed by atoms with Crippen LogP contribution in [0.2, 0.25) is 0 Å². The van der Waals surface area contributed by atoms with Crippen LogP contribution in [0.1, 0.15) is 26.3 Å². The number of rotatable bonds is 5. The Morgan fingerprint density at radius 3 is 2.70 bits per heavy atom. The van der Waals surface area contributed by atoms with Gasteiger partial charge in [-0.2, -0.15) is 0 Å². The molecule has 30 heavy (non-hydrogen) atoms. The fourth-order valence-corrected chi connectivity index (χ4v) is 4.12. The van der Waals surface area contributed by atoms with Crippen LogP contribution in [0.4, 0.5) is 5.69 Å². The second-order valence-electron chi connectivity index (χ2n) is 6.68. The number of anilines is 1. The van der Waals surface area contributed by atoms with E-state index in [0.717, 1.165) is 16.3 Å². The van der Waals surface area contributed by atoms with Gasteiger partial charge in [0.1, 0.15) is 11.4 Å². The zero-order chi connectivity index (χ0) is 22.4. The summed E-state index contributed by atoms with van der Waals surface area (Å²) in [5.41, 5.74) is 3.65. The molecule has 160 valence electrons. The third-order valence-corrected chi connectivity index (χ3v) is 5.37. The minimum absolute atomic E-state index is 0.135. The average molecular weight is 445 g/mol. The first-order valence-electron chi connectivity index (χ1n) is 9.72. The van der Waals surface area contributed by atoms with Crippen LogP contribution in [0, 0.1) is 0 Å². The number of thioether (sulfide) groups is 1. The molecule has 1 aliphatic heterocycles. The first-order chi connectivity index (χ1) is 14.3. The van der Waals surface area contributed by atoms with E-state index in [2.05, 4.69) is 25.8 Å². The van der Waals surface area contributed by atoms with Gasteiger partial charge in [0.2, 0.25) is 0 Å². The van der Waals surface area contributed by atoms with Gasteiger partial charge in [-0.3, -0.25) is 9.36 Å². The van der Waals surface area contributed by atoms with E-state index in [0.29, 0.717) is 28.0 Å². The summed E-state index contributed by atoms with van der Waals surface area (Å²) in [6.07, 6.45) is 7.75. The molecule has 6 nitrogen and oxygen atoms in total. The fourth-order valence-electron chi connectivity index (χ4n) is 2.93. The van der Waals surface area contributed by atoms with Gasteiger partial charge in [0.25, 0.3) is 5.56 Å². The third-order valence-electron chi connectivity index (χ3n) is 4.19. The van der Waals surface area contributed by atoms with Gasteiger partial charge in [0.15, 0.2) is 0 Å². The quantitative estimate of drug-likeness (QED) is 0.551. The smallest absolute Gasteiger partial charge is 0.262 e. The second kappa shape index (κ2) is 10.7. The Morgan fingerprint density at radius 2 is 2.10 bits per heavy atom. The van der Waals surface area contributed by atoms with Gasteiger partial charge in [-0.15, -0.1) is 21.0 Å². The number of pyridine rings is 1. The fraction of sp³-hybridized carbons (Fsp3) is 0.318. The van der Waals surface area contributed by atoms with Crippen molar-refractivity contribution in [2.24, 2.45) is 0 Å². The predicted molar refractivity (Wildman–Crippen MR) is 131 cm³/mol. The number of allylic oxidation sites excluding steroid dienone is 4. The van der Waals surface area contributed by atoms with Crippen LogP contribution in [0.3, 0.4) is 0 Å². The molecule has 0 amide bonds. The van der Waals surface area contributed by atoms with Gasteiger partial charge >= 0.3 is 0 Å². The van der Waals surface area contributed by atoms with Gasteiger partial charge in [0, 0.05) is 31.7 Å². The summed E-state index contributed by atoms with van der Waals surface area (Å²) < 4.78 is 1.49. The van der Waals surface area contributed by atoms with Crippen molar-refractivity contribution in [2.75, 3.05) is 19.0 Å². The lowest BCUT2D eigenvalue weighted by Gasteiger charge is -2.24. The lowest BCUT2D eigenvalue weighted by Crippen LogP contribution is -2.26. The Labute approximate surface area is 184 Å². The molecule has 2 aromatic rings. The molecule has 2 atom stereocenters. The molecule has 3 heterocycles. The van der Waals surface area contributed by atoms with Crippen molar-refractivity contribution in [3.05, 3.63) is 64.6 Å². The molecule has 1 aliphatic rings. The highest BCUT2D eigenvalue weighted by molar-refractivity contribution is 7.98. The van der Waals surface area contributed by atoms with Crippen molar-refractivity contribution in [1.29, 1.82) is 0 Å². The average Bonchev–Trinajstić information content (AvgIpc) is 2.72. The van der Waals surface area contributed by atoms with Gasteiger partial charge < -0.3 is 10.0 Å². The Morgan fingerprint density at radius 1 is 1.40 bits per heavy atom. The molecule has 0 fully saturated rings. The van der Waals surface area contributed by atoms with Gasteiger partial charge in [0.05, 0.1) is 28.6 Å². The Balaban J connectivity index is 0.00000155. The maximum Gasteiger partial charge on any atom is 0.262 e. The Bertz CT molecular complexity index is 1040. The first kappa shape index (κ1) is 24.1. The van der Waals surface area contributed by atoms with E-state index in [1.54, 1.807) is 31.3 Å². The molecule has 3 rings (SSSR count). The van der Waals surface area contributed by atoms with E-state index in [1.807, 2.05) is 38.9 Å². The summed E-state index contributed by atoms with van der Waals surface area (Å²) in [7, 11) is 6.42. The number of aliphatic hydroxyl groups is 1. The summed E-state index contributed by atoms with van der Waals surface area (Å²) in [6.45, 7) is 9.52. The molecular weight excluding hydrogens is 415 g/mol. The van der Waals surface area contributed by atoms with E-state index in [1.165, 1.54) is 22.7 Å². The molecule has 0 spiro atoms. The maximum atomic E-state index is 13.3. The first-order valence-corrected chi connectivity index (χ1v) is 11.3. The summed E-state index contributed by atoms with van der Waals surface area (Å²) in [5.74, 6) is 0.508. The highest BCUT2D eigenvalue weighted by Gasteiger charge is 2.26. The van der Waals surface area contributed by atoms with Crippen LogP contribution in [0.15, 0.2) is 58.5 Å². The number of fused-ring (bicyclic) bond motifs is 3. The molecule has 0 saturated carbocycles. The van der Waals surface area contributed by atoms with E-state index in [4.69, 9.17) is 0 Å². The molecule has 0 saturated heterocycles. The lowest BCUT2D eigenvalue weighted by molar-refractivity contribution is 0.244.